The van der Waals surface area contributed by atoms with Gasteiger partial charge in [-0.15, -0.1) is 0 Å². The summed E-state index contributed by atoms with van der Waals surface area (Å²) in [6.45, 7) is -0.492. The van der Waals surface area contributed by atoms with Gasteiger partial charge in [0.2, 0.25) is 0 Å². The van der Waals surface area contributed by atoms with E-state index in [-0.39, 0.29) is 0 Å². The largest absolute Gasteiger partial charge is 0.469 e. The van der Waals surface area contributed by atoms with E-state index >= 15 is 0 Å². The monoisotopic (exact) mass is 347 g/mol. The van der Waals surface area contributed by atoms with Crippen molar-refractivity contribution < 1.29 is 33.8 Å². The molecule has 4 atom stereocenters. The lowest BCUT2D eigenvalue weighted by molar-refractivity contribution is -0.0211. The minimum Gasteiger partial charge on any atom is -0.388 e. The number of anilines is 1. The van der Waals surface area contributed by atoms with Crippen LogP contribution in [-0.4, -0.2) is 65.1 Å². The maximum Gasteiger partial charge on any atom is 0.469 e. The molecule has 1 aliphatic rings. The van der Waals surface area contributed by atoms with Gasteiger partial charge in [-0.25, -0.2) is 4.57 Å². The number of para-hydroxylation sites is 1. The number of aliphatic hydroxyl groups is 2. The number of phosphoric acid groups is 1. The molecule has 1 fully saturated rings. The molecule has 0 spiro atoms. The minimum absolute atomic E-state index is 0.360. The molecule has 23 heavy (non-hydrogen) atoms. The third kappa shape index (κ3) is 4.74. The van der Waals surface area contributed by atoms with Gasteiger partial charge >= 0.3 is 7.82 Å². The van der Waals surface area contributed by atoms with Crippen molar-refractivity contribution >= 4 is 13.5 Å². The van der Waals surface area contributed by atoms with Crippen LogP contribution in [0.2, 0.25) is 0 Å². The Morgan fingerprint density at radius 1 is 1.17 bits per heavy atom. The molecule has 2 rings (SSSR count). The van der Waals surface area contributed by atoms with E-state index in [4.69, 9.17) is 14.5 Å². The second-order valence-corrected chi connectivity index (χ2v) is 6.95. The highest BCUT2D eigenvalue weighted by atomic mass is 31.2. The Hall–Kier alpha value is -0.990. The van der Waals surface area contributed by atoms with Crippen molar-refractivity contribution in [1.29, 1.82) is 0 Å². The van der Waals surface area contributed by atoms with Gasteiger partial charge in [0.25, 0.3) is 0 Å². The Morgan fingerprint density at radius 3 is 2.39 bits per heavy atom. The molecule has 0 amide bonds. The third-order valence-corrected chi connectivity index (χ3v) is 4.25. The van der Waals surface area contributed by atoms with Crippen molar-refractivity contribution in [3.63, 3.8) is 0 Å². The smallest absolute Gasteiger partial charge is 0.388 e. The van der Waals surface area contributed by atoms with Crippen LogP contribution in [0.1, 0.15) is 5.56 Å². The zero-order valence-electron chi connectivity index (χ0n) is 12.9. The first kappa shape index (κ1) is 18.4. The van der Waals surface area contributed by atoms with E-state index in [0.29, 0.717) is 6.42 Å². The maximum absolute atomic E-state index is 10.7. The third-order valence-electron chi connectivity index (χ3n) is 3.76. The number of rotatable bonds is 6. The molecule has 1 aromatic carbocycles. The Labute approximate surface area is 134 Å². The summed E-state index contributed by atoms with van der Waals surface area (Å²) >= 11 is 0. The lowest BCUT2D eigenvalue weighted by Crippen LogP contribution is -2.34. The lowest BCUT2D eigenvalue weighted by Gasteiger charge is -2.21. The van der Waals surface area contributed by atoms with Crippen LogP contribution < -0.4 is 4.90 Å². The predicted molar refractivity (Wildman–Crippen MR) is 83.1 cm³/mol. The van der Waals surface area contributed by atoms with Gasteiger partial charge in [-0.2, -0.15) is 0 Å². The van der Waals surface area contributed by atoms with Crippen molar-refractivity contribution in [3.05, 3.63) is 29.8 Å². The standard InChI is InChI=1S/C14H22NO7P/c1-15(2)10-6-4-3-5-9(10)7-11-13(16)14(17)12(22-11)8-21-23(18,19)20/h3-6,11-14,16-17H,7-8H2,1-2H3,(H2,18,19,20)/t11-,12+,13-,14+/m0/s1. The number of ether oxygens (including phenoxy) is 1. The topological polar surface area (TPSA) is 120 Å². The Bertz CT molecular complexity index is 576. The summed E-state index contributed by atoms with van der Waals surface area (Å²) in [7, 11) is -0.853. The number of phosphoric ester groups is 1. The molecule has 0 aliphatic carbocycles. The van der Waals surface area contributed by atoms with Crippen molar-refractivity contribution in [3.8, 4) is 0 Å². The van der Waals surface area contributed by atoms with Gasteiger partial charge in [-0.1, -0.05) is 18.2 Å². The summed E-state index contributed by atoms with van der Waals surface area (Å²) in [5, 5.41) is 20.1. The zero-order chi connectivity index (χ0) is 17.2. The summed E-state index contributed by atoms with van der Waals surface area (Å²) in [5.74, 6) is 0. The van der Waals surface area contributed by atoms with E-state index in [1.807, 2.05) is 43.3 Å². The number of nitrogens with zero attached hydrogens (tertiary/aromatic N) is 1. The molecular formula is C14H22NO7P. The number of hydrogen-bond donors (Lipinski definition) is 4. The fourth-order valence-electron chi connectivity index (χ4n) is 2.64. The van der Waals surface area contributed by atoms with Crippen LogP contribution >= 0.6 is 7.82 Å². The van der Waals surface area contributed by atoms with Gasteiger partial charge < -0.3 is 29.6 Å². The second kappa shape index (κ2) is 7.27. The molecular weight excluding hydrogens is 325 g/mol. The molecule has 0 saturated carbocycles. The molecule has 4 N–H and O–H groups in total. The molecule has 0 unspecified atom stereocenters. The van der Waals surface area contributed by atoms with Gasteiger partial charge in [0.1, 0.15) is 18.3 Å². The molecule has 1 saturated heterocycles. The number of aliphatic hydroxyl groups excluding tert-OH is 2. The van der Waals surface area contributed by atoms with Crippen molar-refractivity contribution in [2.75, 3.05) is 25.6 Å². The van der Waals surface area contributed by atoms with Crippen LogP contribution in [0.5, 0.6) is 0 Å². The first-order valence-corrected chi connectivity index (χ1v) is 8.69. The van der Waals surface area contributed by atoms with E-state index in [1.165, 1.54) is 0 Å². The average molecular weight is 347 g/mol. The highest BCUT2D eigenvalue weighted by Crippen LogP contribution is 2.37. The Morgan fingerprint density at radius 2 is 1.78 bits per heavy atom. The van der Waals surface area contributed by atoms with E-state index in [2.05, 4.69) is 4.52 Å². The zero-order valence-corrected chi connectivity index (χ0v) is 13.8. The highest BCUT2D eigenvalue weighted by Gasteiger charge is 2.43. The van der Waals surface area contributed by atoms with Gasteiger partial charge in [-0.3, -0.25) is 4.52 Å². The summed E-state index contributed by atoms with van der Waals surface area (Å²) in [6.07, 6.45) is -3.74. The normalized spacial score (nSPS) is 28.1. The number of hydrogen-bond acceptors (Lipinski definition) is 6. The quantitative estimate of drug-likeness (QED) is 0.527. The lowest BCUT2D eigenvalue weighted by atomic mass is 10.00. The second-order valence-electron chi connectivity index (χ2n) is 5.71. The van der Waals surface area contributed by atoms with Crippen molar-refractivity contribution in [2.45, 2.75) is 30.8 Å². The summed E-state index contributed by atoms with van der Waals surface area (Å²) in [5.41, 5.74) is 1.90. The molecule has 1 heterocycles. The SMILES string of the molecule is CN(C)c1ccccc1C[C@@H]1O[C@H](COP(=O)(O)O)[C@@H](O)[C@H]1O. The predicted octanol–water partition coefficient (Wildman–Crippen LogP) is -0.106. The van der Waals surface area contributed by atoms with Gasteiger partial charge in [-0.05, 0) is 11.6 Å². The van der Waals surface area contributed by atoms with Crippen LogP contribution in [0, 0.1) is 0 Å². The van der Waals surface area contributed by atoms with Gasteiger partial charge in [0.05, 0.1) is 12.7 Å². The molecule has 0 bridgehead atoms. The number of benzene rings is 1. The minimum atomic E-state index is -4.65. The van der Waals surface area contributed by atoms with E-state index < -0.39 is 38.8 Å². The summed E-state index contributed by atoms with van der Waals surface area (Å²) in [4.78, 5) is 19.4. The van der Waals surface area contributed by atoms with Crippen LogP contribution in [0.25, 0.3) is 0 Å². The van der Waals surface area contributed by atoms with Crippen LogP contribution in [0.3, 0.4) is 0 Å². The fourth-order valence-corrected chi connectivity index (χ4v) is 2.98. The first-order chi connectivity index (χ1) is 10.7. The molecule has 1 aliphatic heterocycles. The molecule has 0 aromatic heterocycles. The summed E-state index contributed by atoms with van der Waals surface area (Å²) < 4.78 is 20.6. The van der Waals surface area contributed by atoms with Gasteiger partial charge in [0.15, 0.2) is 0 Å². The molecule has 8 nitrogen and oxygen atoms in total. The van der Waals surface area contributed by atoms with E-state index in [1.54, 1.807) is 0 Å². The molecule has 0 radical (unpaired) electrons. The molecule has 130 valence electrons. The highest BCUT2D eigenvalue weighted by molar-refractivity contribution is 7.46. The Kier molecular flexibility index (Phi) is 5.80. The van der Waals surface area contributed by atoms with E-state index in [0.717, 1.165) is 11.3 Å². The first-order valence-electron chi connectivity index (χ1n) is 7.16. The van der Waals surface area contributed by atoms with Crippen molar-refractivity contribution in [2.24, 2.45) is 0 Å². The van der Waals surface area contributed by atoms with Crippen LogP contribution in [0.15, 0.2) is 24.3 Å². The fraction of sp³-hybridized carbons (Fsp3) is 0.571. The molecule has 9 heteroatoms. The maximum atomic E-state index is 10.7. The van der Waals surface area contributed by atoms with E-state index in [9.17, 15) is 14.8 Å². The van der Waals surface area contributed by atoms with Crippen LogP contribution in [-0.2, 0) is 20.2 Å². The van der Waals surface area contributed by atoms with Gasteiger partial charge in [0, 0.05) is 26.2 Å². The average Bonchev–Trinajstić information content (AvgIpc) is 2.73. The summed E-state index contributed by atoms with van der Waals surface area (Å²) in [6, 6.07) is 7.60. The van der Waals surface area contributed by atoms with Crippen LogP contribution in [0.4, 0.5) is 5.69 Å². The Balaban J connectivity index is 2.06. The molecule has 1 aromatic rings. The van der Waals surface area contributed by atoms with Crippen molar-refractivity contribution in [1.82, 2.24) is 0 Å².